The maximum Gasteiger partial charge on any atom is 0.251 e. The molecule has 1 rings (SSSR count). The first-order valence-electron chi connectivity index (χ1n) is 5.74. The van der Waals surface area contributed by atoms with Gasteiger partial charge in [-0.2, -0.15) is 0 Å². The van der Waals surface area contributed by atoms with Crippen LogP contribution in [0, 0.1) is 5.92 Å². The highest BCUT2D eigenvalue weighted by Crippen LogP contribution is 2.14. The molecule has 0 aromatic rings. The molecule has 4 heteroatoms. The zero-order valence-electron chi connectivity index (χ0n) is 9.84. The number of alkyl halides is 2. The van der Waals surface area contributed by atoms with Crippen LogP contribution in [-0.4, -0.2) is 43.0 Å². The summed E-state index contributed by atoms with van der Waals surface area (Å²) >= 11 is 0. The molecule has 2 nitrogen and oxygen atoms in total. The van der Waals surface area contributed by atoms with Crippen molar-refractivity contribution in [2.75, 3.05) is 19.6 Å². The van der Waals surface area contributed by atoms with E-state index in [-0.39, 0.29) is 12.6 Å². The lowest BCUT2D eigenvalue weighted by molar-refractivity contribution is 0.0457. The van der Waals surface area contributed by atoms with Crippen LogP contribution in [0.2, 0.25) is 0 Å². The van der Waals surface area contributed by atoms with Crippen molar-refractivity contribution in [2.45, 2.75) is 45.7 Å². The van der Waals surface area contributed by atoms with E-state index in [1.807, 2.05) is 11.8 Å². The highest BCUT2D eigenvalue weighted by molar-refractivity contribution is 4.84. The van der Waals surface area contributed by atoms with Gasteiger partial charge in [0.2, 0.25) is 0 Å². The monoisotopic (exact) mass is 220 g/mol. The summed E-state index contributed by atoms with van der Waals surface area (Å²) in [6.07, 6.45) is -1.16. The highest BCUT2D eigenvalue weighted by atomic mass is 19.3. The average molecular weight is 220 g/mol. The number of halogens is 2. The average Bonchev–Trinajstić information content (AvgIpc) is 2.09. The molecule has 90 valence electrons. The molecule has 15 heavy (non-hydrogen) atoms. The minimum absolute atomic E-state index is 0.0859. The van der Waals surface area contributed by atoms with Gasteiger partial charge < -0.3 is 5.32 Å². The lowest BCUT2D eigenvalue weighted by Gasteiger charge is -2.39. The Morgan fingerprint density at radius 3 is 2.60 bits per heavy atom. The highest BCUT2D eigenvalue weighted by Gasteiger charge is 2.26. The molecule has 0 bridgehead atoms. The third-order valence-corrected chi connectivity index (χ3v) is 2.91. The zero-order valence-corrected chi connectivity index (χ0v) is 9.84. The predicted octanol–water partition coefficient (Wildman–Crippen LogP) is 1.96. The molecule has 0 amide bonds. The van der Waals surface area contributed by atoms with Crippen molar-refractivity contribution < 1.29 is 8.78 Å². The van der Waals surface area contributed by atoms with E-state index in [2.05, 4.69) is 19.2 Å². The number of nitrogens with zero attached hydrogens (tertiary/aromatic N) is 1. The van der Waals surface area contributed by atoms with Crippen molar-refractivity contribution in [1.29, 1.82) is 0 Å². The van der Waals surface area contributed by atoms with Gasteiger partial charge >= 0.3 is 0 Å². The topological polar surface area (TPSA) is 15.3 Å². The van der Waals surface area contributed by atoms with Gasteiger partial charge in [0.25, 0.3) is 6.43 Å². The molecule has 1 aliphatic heterocycles. The summed E-state index contributed by atoms with van der Waals surface area (Å²) in [6, 6.07) is 0.599. The number of hydrogen-bond donors (Lipinski definition) is 1. The Morgan fingerprint density at radius 1 is 1.40 bits per heavy atom. The first-order chi connectivity index (χ1) is 6.99. The van der Waals surface area contributed by atoms with Gasteiger partial charge in [-0.05, 0) is 19.3 Å². The molecule has 1 aliphatic rings. The van der Waals surface area contributed by atoms with E-state index in [1.165, 1.54) is 0 Å². The van der Waals surface area contributed by atoms with Crippen LogP contribution in [0.1, 0.15) is 27.2 Å². The van der Waals surface area contributed by atoms with Gasteiger partial charge in [0.05, 0.1) is 6.54 Å². The molecule has 0 saturated carbocycles. The second kappa shape index (κ2) is 5.75. The van der Waals surface area contributed by atoms with Gasteiger partial charge in [0.15, 0.2) is 0 Å². The fourth-order valence-corrected chi connectivity index (χ4v) is 2.15. The third-order valence-electron chi connectivity index (χ3n) is 2.91. The smallest absolute Gasteiger partial charge is 0.251 e. The quantitative estimate of drug-likeness (QED) is 0.779. The van der Waals surface area contributed by atoms with Gasteiger partial charge in [0.1, 0.15) is 0 Å². The lowest BCUT2D eigenvalue weighted by atomic mass is 10.0. The van der Waals surface area contributed by atoms with Crippen LogP contribution in [0.4, 0.5) is 8.78 Å². The van der Waals surface area contributed by atoms with E-state index < -0.39 is 6.43 Å². The Bertz CT molecular complexity index is 185. The normalized spacial score (nSPS) is 29.0. The van der Waals surface area contributed by atoms with Gasteiger partial charge in [-0.1, -0.05) is 13.8 Å². The van der Waals surface area contributed by atoms with Gasteiger partial charge in [-0.25, -0.2) is 8.78 Å². The van der Waals surface area contributed by atoms with E-state index in [0.29, 0.717) is 12.0 Å². The van der Waals surface area contributed by atoms with E-state index in [0.717, 1.165) is 19.5 Å². The first-order valence-corrected chi connectivity index (χ1v) is 5.74. The maximum atomic E-state index is 12.3. The van der Waals surface area contributed by atoms with Gasteiger partial charge in [-0.3, -0.25) is 4.90 Å². The molecule has 1 N–H and O–H groups in total. The largest absolute Gasteiger partial charge is 0.311 e. The summed E-state index contributed by atoms with van der Waals surface area (Å²) in [4.78, 5) is 1.90. The second-order valence-electron chi connectivity index (χ2n) is 4.93. The Kier molecular flexibility index (Phi) is 4.93. The fraction of sp³-hybridized carbons (Fsp3) is 1.00. The Balaban J connectivity index is 2.41. The number of nitrogens with one attached hydrogen (secondary N) is 1. The van der Waals surface area contributed by atoms with E-state index in [9.17, 15) is 8.78 Å². The molecular weight excluding hydrogens is 198 g/mol. The molecule has 1 heterocycles. The van der Waals surface area contributed by atoms with Crippen molar-refractivity contribution in [3.8, 4) is 0 Å². The van der Waals surface area contributed by atoms with Crippen molar-refractivity contribution in [2.24, 2.45) is 5.92 Å². The molecular formula is C11H22F2N2. The van der Waals surface area contributed by atoms with Crippen LogP contribution in [0.5, 0.6) is 0 Å². The number of hydrogen-bond acceptors (Lipinski definition) is 2. The summed E-state index contributed by atoms with van der Waals surface area (Å²) in [5, 5.41) is 3.42. The van der Waals surface area contributed by atoms with Crippen LogP contribution in [0.25, 0.3) is 0 Å². The fourth-order valence-electron chi connectivity index (χ4n) is 2.15. The summed E-state index contributed by atoms with van der Waals surface area (Å²) in [5.74, 6) is 0.615. The van der Waals surface area contributed by atoms with Crippen LogP contribution in [0.15, 0.2) is 0 Å². The number of rotatable bonds is 4. The molecule has 0 radical (unpaired) electrons. The maximum absolute atomic E-state index is 12.3. The summed E-state index contributed by atoms with van der Waals surface area (Å²) in [5.41, 5.74) is 0. The van der Waals surface area contributed by atoms with Crippen molar-refractivity contribution >= 4 is 0 Å². The van der Waals surface area contributed by atoms with Gasteiger partial charge in [0, 0.05) is 25.2 Å². The summed E-state index contributed by atoms with van der Waals surface area (Å²) in [7, 11) is 0. The summed E-state index contributed by atoms with van der Waals surface area (Å²) in [6.45, 7) is 7.82. The van der Waals surface area contributed by atoms with Crippen LogP contribution < -0.4 is 5.32 Å². The molecule has 1 saturated heterocycles. The zero-order chi connectivity index (χ0) is 11.4. The van der Waals surface area contributed by atoms with E-state index in [4.69, 9.17) is 0 Å². The molecule has 2 unspecified atom stereocenters. The van der Waals surface area contributed by atoms with Crippen molar-refractivity contribution in [3.63, 3.8) is 0 Å². The van der Waals surface area contributed by atoms with E-state index in [1.54, 1.807) is 0 Å². The van der Waals surface area contributed by atoms with E-state index >= 15 is 0 Å². The van der Waals surface area contributed by atoms with Gasteiger partial charge in [-0.15, -0.1) is 0 Å². The molecule has 0 aromatic carbocycles. The Labute approximate surface area is 91.0 Å². The van der Waals surface area contributed by atoms with Crippen LogP contribution in [0.3, 0.4) is 0 Å². The second-order valence-corrected chi connectivity index (χ2v) is 4.93. The van der Waals surface area contributed by atoms with Crippen LogP contribution in [-0.2, 0) is 0 Å². The molecule has 1 fully saturated rings. The number of piperazine rings is 1. The standard InChI is InChI=1S/C11H22F2N2/c1-8(2)4-10-6-15(7-11(12)13)9(3)5-14-10/h8-11,14H,4-7H2,1-3H3. The minimum Gasteiger partial charge on any atom is -0.311 e. The first kappa shape index (κ1) is 12.8. The van der Waals surface area contributed by atoms with Crippen molar-refractivity contribution in [1.82, 2.24) is 10.2 Å². The Morgan fingerprint density at radius 2 is 2.07 bits per heavy atom. The van der Waals surface area contributed by atoms with Crippen LogP contribution >= 0.6 is 0 Å². The molecule has 0 aliphatic carbocycles. The Hall–Kier alpha value is -0.220. The lowest BCUT2D eigenvalue weighted by Crippen LogP contribution is -2.56. The minimum atomic E-state index is -2.22. The summed E-state index contributed by atoms with van der Waals surface area (Å²) < 4.78 is 24.6. The SMILES string of the molecule is CC(C)CC1CN(CC(F)F)C(C)CN1. The third kappa shape index (κ3) is 4.43. The molecule has 2 atom stereocenters. The van der Waals surface area contributed by atoms with Crippen molar-refractivity contribution in [3.05, 3.63) is 0 Å². The molecule has 0 spiro atoms. The predicted molar refractivity (Wildman–Crippen MR) is 58.3 cm³/mol. The molecule has 0 aromatic heterocycles.